The van der Waals surface area contributed by atoms with E-state index in [0.717, 1.165) is 26.2 Å². The average molecular weight is 227 g/mol. The summed E-state index contributed by atoms with van der Waals surface area (Å²) in [6.07, 6.45) is 0.980. The van der Waals surface area contributed by atoms with E-state index in [4.69, 9.17) is 5.73 Å². The molecule has 1 fully saturated rings. The Morgan fingerprint density at radius 2 is 1.81 bits per heavy atom. The maximum absolute atomic E-state index is 11.8. The quantitative estimate of drug-likeness (QED) is 0.714. The van der Waals surface area contributed by atoms with Gasteiger partial charge < -0.3 is 15.5 Å². The summed E-state index contributed by atoms with van der Waals surface area (Å²) in [7, 11) is 2.05. The second kappa shape index (κ2) is 5.84. The zero-order valence-corrected chi connectivity index (χ0v) is 10.1. The third-order valence-corrected chi connectivity index (χ3v) is 3.13. The summed E-state index contributed by atoms with van der Waals surface area (Å²) in [5, 5.41) is 0. The molecule has 5 heteroatoms. The van der Waals surface area contributed by atoms with Gasteiger partial charge in [-0.3, -0.25) is 9.59 Å². The maximum Gasteiger partial charge on any atom is 0.222 e. The number of carbonyl (C=O) groups is 2. The molecule has 1 aliphatic heterocycles. The zero-order valence-electron chi connectivity index (χ0n) is 10.1. The molecule has 2 N–H and O–H groups in total. The first-order chi connectivity index (χ1) is 7.50. The Labute approximate surface area is 96.6 Å². The summed E-state index contributed by atoms with van der Waals surface area (Å²) < 4.78 is 0. The largest absolute Gasteiger partial charge is 0.369 e. The molecule has 0 saturated carbocycles. The number of amides is 2. The minimum Gasteiger partial charge on any atom is -0.369 e. The standard InChI is InChI=1S/C11H21N3O2/c1-9(11(12)16)3-4-10(15)14-7-5-13(2)6-8-14/h9H,3-8H2,1-2H3,(H2,12,16)/t9-/m0/s1. The summed E-state index contributed by atoms with van der Waals surface area (Å²) >= 11 is 0. The van der Waals surface area contributed by atoms with Crippen LogP contribution in [0.25, 0.3) is 0 Å². The highest BCUT2D eigenvalue weighted by Crippen LogP contribution is 2.08. The van der Waals surface area contributed by atoms with Gasteiger partial charge in [0.2, 0.25) is 11.8 Å². The van der Waals surface area contributed by atoms with Crippen molar-refractivity contribution in [2.75, 3.05) is 33.2 Å². The van der Waals surface area contributed by atoms with E-state index in [1.807, 2.05) is 4.90 Å². The molecule has 1 heterocycles. The fourth-order valence-corrected chi connectivity index (χ4v) is 1.70. The van der Waals surface area contributed by atoms with Crippen LogP contribution in [-0.2, 0) is 9.59 Å². The molecule has 0 unspecified atom stereocenters. The number of carbonyl (C=O) groups excluding carboxylic acids is 2. The number of hydrogen-bond acceptors (Lipinski definition) is 3. The lowest BCUT2D eigenvalue weighted by Crippen LogP contribution is -2.47. The van der Waals surface area contributed by atoms with Gasteiger partial charge in [0, 0.05) is 38.5 Å². The van der Waals surface area contributed by atoms with E-state index in [1.165, 1.54) is 0 Å². The number of rotatable bonds is 4. The zero-order chi connectivity index (χ0) is 12.1. The van der Waals surface area contributed by atoms with Crippen molar-refractivity contribution >= 4 is 11.8 Å². The Hall–Kier alpha value is -1.10. The fourth-order valence-electron chi connectivity index (χ4n) is 1.70. The molecule has 1 saturated heterocycles. The second-order valence-corrected chi connectivity index (χ2v) is 4.53. The van der Waals surface area contributed by atoms with E-state index < -0.39 is 0 Å². The number of primary amides is 1. The highest BCUT2D eigenvalue weighted by Gasteiger charge is 2.20. The number of nitrogens with two attached hydrogens (primary N) is 1. The topological polar surface area (TPSA) is 66.6 Å². The Morgan fingerprint density at radius 1 is 1.25 bits per heavy atom. The van der Waals surface area contributed by atoms with Gasteiger partial charge in [0.15, 0.2) is 0 Å². The normalized spacial score (nSPS) is 19.5. The van der Waals surface area contributed by atoms with Gasteiger partial charge >= 0.3 is 0 Å². The van der Waals surface area contributed by atoms with Crippen molar-refractivity contribution in [3.8, 4) is 0 Å². The van der Waals surface area contributed by atoms with E-state index in [1.54, 1.807) is 6.92 Å². The minimum absolute atomic E-state index is 0.140. The van der Waals surface area contributed by atoms with Crippen molar-refractivity contribution in [1.82, 2.24) is 9.80 Å². The molecule has 92 valence electrons. The third kappa shape index (κ3) is 3.81. The fraction of sp³-hybridized carbons (Fsp3) is 0.818. The van der Waals surface area contributed by atoms with E-state index in [-0.39, 0.29) is 17.7 Å². The number of hydrogen-bond donors (Lipinski definition) is 1. The highest BCUT2D eigenvalue weighted by molar-refractivity contribution is 5.79. The summed E-state index contributed by atoms with van der Waals surface area (Å²) in [6.45, 7) is 5.20. The van der Waals surface area contributed by atoms with Crippen LogP contribution in [-0.4, -0.2) is 54.8 Å². The molecule has 1 aliphatic rings. The molecule has 0 aromatic rings. The molecular formula is C11H21N3O2. The van der Waals surface area contributed by atoms with Crippen LogP contribution in [0, 0.1) is 5.92 Å². The monoisotopic (exact) mass is 227 g/mol. The molecule has 1 rings (SSSR count). The molecule has 1 atom stereocenters. The van der Waals surface area contributed by atoms with Gasteiger partial charge in [-0.05, 0) is 13.5 Å². The molecule has 16 heavy (non-hydrogen) atoms. The Balaban J connectivity index is 2.27. The average Bonchev–Trinajstić information content (AvgIpc) is 2.26. The van der Waals surface area contributed by atoms with Crippen molar-refractivity contribution in [2.45, 2.75) is 19.8 Å². The first kappa shape index (κ1) is 13.0. The van der Waals surface area contributed by atoms with Crippen LogP contribution in [0.15, 0.2) is 0 Å². The summed E-state index contributed by atoms with van der Waals surface area (Å²) in [4.78, 5) is 26.7. The maximum atomic E-state index is 11.8. The van der Waals surface area contributed by atoms with Crippen LogP contribution < -0.4 is 5.73 Å². The van der Waals surface area contributed by atoms with Gasteiger partial charge in [0.1, 0.15) is 0 Å². The van der Waals surface area contributed by atoms with Crippen molar-refractivity contribution in [2.24, 2.45) is 11.7 Å². The Morgan fingerprint density at radius 3 is 2.31 bits per heavy atom. The predicted octanol–water partition coefficient (Wildman–Crippen LogP) is -0.338. The lowest BCUT2D eigenvalue weighted by atomic mass is 10.0. The van der Waals surface area contributed by atoms with Gasteiger partial charge in [-0.25, -0.2) is 0 Å². The second-order valence-electron chi connectivity index (χ2n) is 4.53. The van der Waals surface area contributed by atoms with Crippen LogP contribution in [0.1, 0.15) is 19.8 Å². The van der Waals surface area contributed by atoms with Crippen molar-refractivity contribution in [3.05, 3.63) is 0 Å². The summed E-state index contributed by atoms with van der Waals surface area (Å²) in [5.41, 5.74) is 5.15. The van der Waals surface area contributed by atoms with E-state index in [2.05, 4.69) is 11.9 Å². The molecular weight excluding hydrogens is 206 g/mol. The van der Waals surface area contributed by atoms with E-state index >= 15 is 0 Å². The third-order valence-electron chi connectivity index (χ3n) is 3.13. The van der Waals surface area contributed by atoms with E-state index in [9.17, 15) is 9.59 Å². The SMILES string of the molecule is C[C@@H](CCC(=O)N1CCN(C)CC1)C(N)=O. The Bertz CT molecular complexity index is 260. The van der Waals surface area contributed by atoms with Crippen molar-refractivity contribution in [3.63, 3.8) is 0 Å². The number of likely N-dealkylation sites (N-methyl/N-ethyl adjacent to an activating group) is 1. The molecule has 0 radical (unpaired) electrons. The van der Waals surface area contributed by atoms with Crippen LogP contribution in [0.2, 0.25) is 0 Å². The van der Waals surface area contributed by atoms with Crippen molar-refractivity contribution in [1.29, 1.82) is 0 Å². The van der Waals surface area contributed by atoms with Gasteiger partial charge in [0.05, 0.1) is 0 Å². The van der Waals surface area contributed by atoms with Gasteiger partial charge in [-0.2, -0.15) is 0 Å². The van der Waals surface area contributed by atoms with E-state index in [0.29, 0.717) is 12.8 Å². The lowest BCUT2D eigenvalue weighted by molar-refractivity contribution is -0.133. The molecule has 5 nitrogen and oxygen atoms in total. The minimum atomic E-state index is -0.328. The van der Waals surface area contributed by atoms with Gasteiger partial charge in [-0.15, -0.1) is 0 Å². The van der Waals surface area contributed by atoms with Crippen LogP contribution in [0.5, 0.6) is 0 Å². The molecule has 0 aliphatic carbocycles. The van der Waals surface area contributed by atoms with Gasteiger partial charge in [-0.1, -0.05) is 6.92 Å². The predicted molar refractivity (Wildman–Crippen MR) is 61.7 cm³/mol. The molecule has 0 aromatic heterocycles. The molecule has 0 bridgehead atoms. The smallest absolute Gasteiger partial charge is 0.222 e. The summed E-state index contributed by atoms with van der Waals surface area (Å²) in [5.74, 6) is -0.399. The highest BCUT2D eigenvalue weighted by atomic mass is 16.2. The van der Waals surface area contributed by atoms with Crippen molar-refractivity contribution < 1.29 is 9.59 Å². The number of nitrogens with zero attached hydrogens (tertiary/aromatic N) is 2. The number of piperazine rings is 1. The first-order valence-corrected chi connectivity index (χ1v) is 5.76. The van der Waals surface area contributed by atoms with Crippen LogP contribution in [0.3, 0.4) is 0 Å². The molecule has 0 spiro atoms. The molecule has 2 amide bonds. The Kier molecular flexibility index (Phi) is 4.73. The van der Waals surface area contributed by atoms with Crippen LogP contribution in [0.4, 0.5) is 0 Å². The van der Waals surface area contributed by atoms with Gasteiger partial charge in [0.25, 0.3) is 0 Å². The summed E-state index contributed by atoms with van der Waals surface area (Å²) in [6, 6.07) is 0. The lowest BCUT2D eigenvalue weighted by Gasteiger charge is -2.32. The van der Waals surface area contributed by atoms with Crippen LogP contribution >= 0.6 is 0 Å². The molecule has 0 aromatic carbocycles. The first-order valence-electron chi connectivity index (χ1n) is 5.76.